The summed E-state index contributed by atoms with van der Waals surface area (Å²) in [5, 5.41) is 6.85. The number of rotatable bonds is 3. The van der Waals surface area contributed by atoms with E-state index in [-0.39, 0.29) is 17.2 Å². The number of carbonyl (C=O) groups is 1. The maximum absolute atomic E-state index is 12.9. The predicted molar refractivity (Wildman–Crippen MR) is 123 cm³/mol. The van der Waals surface area contributed by atoms with Gasteiger partial charge in [-0.3, -0.25) is 9.36 Å². The Labute approximate surface area is 192 Å². The highest BCUT2D eigenvalue weighted by Crippen LogP contribution is 2.31. The van der Waals surface area contributed by atoms with E-state index in [1.807, 2.05) is 30.3 Å². The van der Waals surface area contributed by atoms with Crippen molar-refractivity contribution in [2.24, 2.45) is 0 Å². The zero-order valence-corrected chi connectivity index (χ0v) is 17.8. The number of amides is 1. The molecule has 2 N–H and O–H groups in total. The van der Waals surface area contributed by atoms with Crippen LogP contribution in [0.3, 0.4) is 0 Å². The quantitative estimate of drug-likeness (QED) is 0.453. The van der Waals surface area contributed by atoms with Crippen LogP contribution in [0.2, 0.25) is 0 Å². The normalized spacial score (nSPS) is 15.4. The van der Waals surface area contributed by atoms with Crippen molar-refractivity contribution in [1.82, 2.24) is 9.55 Å². The first-order valence-electron chi connectivity index (χ1n) is 10.6. The second-order valence-electron chi connectivity index (χ2n) is 8.10. The van der Waals surface area contributed by atoms with Crippen molar-refractivity contribution in [2.45, 2.75) is 18.6 Å². The lowest BCUT2D eigenvalue weighted by Gasteiger charge is -2.28. The Morgan fingerprint density at radius 3 is 2.56 bits per heavy atom. The fraction of sp³-hybridized carbons (Fsp3) is 0.160. The van der Waals surface area contributed by atoms with Crippen molar-refractivity contribution in [1.29, 1.82) is 0 Å². The zero-order chi connectivity index (χ0) is 23.9. The van der Waals surface area contributed by atoms with Crippen LogP contribution < -0.4 is 16.3 Å². The molecule has 1 unspecified atom stereocenters. The van der Waals surface area contributed by atoms with Crippen molar-refractivity contribution in [2.75, 3.05) is 17.2 Å². The molecule has 2 heterocycles. The Hall–Kier alpha value is -4.14. The van der Waals surface area contributed by atoms with E-state index in [0.29, 0.717) is 24.3 Å². The summed E-state index contributed by atoms with van der Waals surface area (Å²) in [6.45, 7) is 1.07. The van der Waals surface area contributed by atoms with Crippen LogP contribution in [0.4, 0.5) is 24.7 Å². The van der Waals surface area contributed by atoms with Gasteiger partial charge in [0.15, 0.2) is 0 Å². The van der Waals surface area contributed by atoms with E-state index < -0.39 is 17.6 Å². The van der Waals surface area contributed by atoms with Crippen LogP contribution in [0.25, 0.3) is 10.9 Å². The largest absolute Gasteiger partial charge is 0.416 e. The molecule has 5 rings (SSSR count). The summed E-state index contributed by atoms with van der Waals surface area (Å²) in [4.78, 5) is 29.1. The topological polar surface area (TPSA) is 76.0 Å². The Morgan fingerprint density at radius 2 is 1.79 bits per heavy atom. The molecule has 1 amide bonds. The molecule has 4 aromatic rings. The maximum Gasteiger partial charge on any atom is 0.416 e. The lowest BCUT2D eigenvalue weighted by atomic mass is 9.97. The van der Waals surface area contributed by atoms with Crippen LogP contribution in [0.5, 0.6) is 0 Å². The van der Waals surface area contributed by atoms with Crippen LogP contribution in [-0.2, 0) is 12.7 Å². The van der Waals surface area contributed by atoms with E-state index in [1.54, 1.807) is 22.8 Å². The summed E-state index contributed by atoms with van der Waals surface area (Å²) in [5.74, 6) is 0.120. The number of hydrogen-bond donors (Lipinski definition) is 2. The third-order valence-corrected chi connectivity index (χ3v) is 5.89. The van der Waals surface area contributed by atoms with Gasteiger partial charge in [0, 0.05) is 35.6 Å². The smallest absolute Gasteiger partial charge is 0.370 e. The molecule has 34 heavy (non-hydrogen) atoms. The molecule has 0 radical (unpaired) electrons. The first kappa shape index (κ1) is 21.7. The second kappa shape index (κ2) is 8.33. The molecule has 0 bridgehead atoms. The molecule has 1 aliphatic heterocycles. The van der Waals surface area contributed by atoms with Gasteiger partial charge in [-0.2, -0.15) is 18.2 Å². The minimum absolute atomic E-state index is 0.00128. The minimum atomic E-state index is -4.52. The van der Waals surface area contributed by atoms with Gasteiger partial charge in [-0.15, -0.1) is 0 Å². The first-order chi connectivity index (χ1) is 16.3. The van der Waals surface area contributed by atoms with E-state index in [4.69, 9.17) is 0 Å². The fourth-order valence-electron chi connectivity index (χ4n) is 4.14. The van der Waals surface area contributed by atoms with Crippen LogP contribution >= 0.6 is 0 Å². The highest BCUT2D eigenvalue weighted by Gasteiger charge is 2.31. The van der Waals surface area contributed by atoms with E-state index in [0.717, 1.165) is 28.9 Å². The number of halogens is 3. The standard InChI is InChI=1S/C25H19F3N4O2/c26-25(27,28)18-5-3-4-16(12-18)23(33)30-19-10-8-15(9-11-19)17-13-29-22-20-6-1-2-7-21(20)31-24(34)32(22)14-17/h1-12,17,29H,13-14H2,(H,30,33). The number of nitrogens with one attached hydrogen (secondary N) is 2. The van der Waals surface area contributed by atoms with E-state index >= 15 is 0 Å². The van der Waals surface area contributed by atoms with Crippen molar-refractivity contribution < 1.29 is 18.0 Å². The van der Waals surface area contributed by atoms with Crippen LogP contribution in [-0.4, -0.2) is 22.0 Å². The molecular weight excluding hydrogens is 445 g/mol. The number of fused-ring (bicyclic) bond motifs is 3. The summed E-state index contributed by atoms with van der Waals surface area (Å²) in [6, 6.07) is 18.8. The number of carbonyl (C=O) groups excluding carboxylic acids is 1. The number of alkyl halides is 3. The van der Waals surface area contributed by atoms with Crippen LogP contribution in [0.15, 0.2) is 77.6 Å². The maximum atomic E-state index is 12.9. The number of hydrogen-bond acceptors (Lipinski definition) is 4. The number of benzene rings is 3. The molecule has 3 aromatic carbocycles. The van der Waals surface area contributed by atoms with Gasteiger partial charge < -0.3 is 10.6 Å². The summed E-state index contributed by atoms with van der Waals surface area (Å²) >= 11 is 0. The molecule has 6 nitrogen and oxygen atoms in total. The zero-order valence-electron chi connectivity index (χ0n) is 17.8. The average Bonchev–Trinajstić information content (AvgIpc) is 2.84. The Balaban J connectivity index is 1.32. The summed E-state index contributed by atoms with van der Waals surface area (Å²) < 4.78 is 40.4. The van der Waals surface area contributed by atoms with Gasteiger partial charge in [0.05, 0.1) is 11.1 Å². The van der Waals surface area contributed by atoms with Crippen LogP contribution in [0.1, 0.15) is 27.4 Å². The van der Waals surface area contributed by atoms with Gasteiger partial charge in [0.2, 0.25) is 0 Å². The molecule has 0 fully saturated rings. The van der Waals surface area contributed by atoms with E-state index in [2.05, 4.69) is 15.6 Å². The van der Waals surface area contributed by atoms with Gasteiger partial charge >= 0.3 is 11.9 Å². The molecule has 1 aromatic heterocycles. The highest BCUT2D eigenvalue weighted by atomic mass is 19.4. The monoisotopic (exact) mass is 464 g/mol. The number of para-hydroxylation sites is 1. The summed E-state index contributed by atoms with van der Waals surface area (Å²) in [6.07, 6.45) is -4.52. The van der Waals surface area contributed by atoms with Crippen molar-refractivity contribution in [3.63, 3.8) is 0 Å². The van der Waals surface area contributed by atoms with Crippen molar-refractivity contribution >= 4 is 28.3 Å². The molecular formula is C25H19F3N4O2. The van der Waals surface area contributed by atoms with Gasteiger partial charge in [0.1, 0.15) is 5.82 Å². The Kier molecular flexibility index (Phi) is 5.31. The summed E-state index contributed by atoms with van der Waals surface area (Å²) in [5.41, 5.74) is 0.779. The molecule has 0 spiro atoms. The highest BCUT2D eigenvalue weighted by molar-refractivity contribution is 6.04. The minimum Gasteiger partial charge on any atom is -0.370 e. The van der Waals surface area contributed by atoms with Gasteiger partial charge in [0.25, 0.3) is 5.91 Å². The van der Waals surface area contributed by atoms with Gasteiger partial charge in [-0.05, 0) is 48.0 Å². The van der Waals surface area contributed by atoms with E-state index in [9.17, 15) is 22.8 Å². The molecule has 172 valence electrons. The van der Waals surface area contributed by atoms with Gasteiger partial charge in [-0.1, -0.05) is 30.3 Å². The Morgan fingerprint density at radius 1 is 1.03 bits per heavy atom. The first-order valence-corrected chi connectivity index (χ1v) is 10.6. The fourth-order valence-corrected chi connectivity index (χ4v) is 4.14. The third-order valence-electron chi connectivity index (χ3n) is 5.89. The average molecular weight is 464 g/mol. The van der Waals surface area contributed by atoms with Crippen molar-refractivity contribution in [3.05, 3.63) is 100.0 Å². The molecule has 0 saturated carbocycles. The molecule has 1 atom stereocenters. The second-order valence-corrected chi connectivity index (χ2v) is 8.10. The molecule has 0 saturated heterocycles. The predicted octanol–water partition coefficient (Wildman–Crippen LogP) is 4.88. The number of nitrogens with zero attached hydrogens (tertiary/aromatic N) is 2. The molecule has 1 aliphatic rings. The lowest BCUT2D eigenvalue weighted by molar-refractivity contribution is -0.137. The van der Waals surface area contributed by atoms with E-state index in [1.165, 1.54) is 12.1 Å². The number of aromatic nitrogens is 2. The van der Waals surface area contributed by atoms with Crippen LogP contribution in [0, 0.1) is 0 Å². The van der Waals surface area contributed by atoms with Gasteiger partial charge in [-0.25, -0.2) is 4.79 Å². The molecule has 0 aliphatic carbocycles. The third kappa shape index (κ3) is 4.12. The van der Waals surface area contributed by atoms with Crippen molar-refractivity contribution in [3.8, 4) is 0 Å². The lowest BCUT2D eigenvalue weighted by Crippen LogP contribution is -2.35. The SMILES string of the molecule is O=C(Nc1ccc(C2CNc3c4ccccc4nc(=O)n3C2)cc1)c1cccc(C(F)(F)F)c1. The molecule has 9 heteroatoms. The summed E-state index contributed by atoms with van der Waals surface area (Å²) in [7, 11) is 0. The Bertz CT molecular complexity index is 1450. The number of anilines is 2.